The number of hydrogen-bond donors (Lipinski definition) is 2. The molecule has 1 aromatic carbocycles. The number of amides is 1. The summed E-state index contributed by atoms with van der Waals surface area (Å²) in [6.07, 6.45) is 3.17. The Morgan fingerprint density at radius 3 is 2.73 bits per heavy atom. The van der Waals surface area contributed by atoms with Crippen molar-refractivity contribution in [2.45, 2.75) is 19.3 Å². The highest BCUT2D eigenvalue weighted by Crippen LogP contribution is 2.21. The van der Waals surface area contributed by atoms with Crippen LogP contribution in [-0.4, -0.2) is 25.7 Å². The molecular weight excluding hydrogens is 336 g/mol. The smallest absolute Gasteiger partial charge is 0.296 e. The fraction of sp³-hybridized carbons (Fsp3) is 0.222. The first-order valence-corrected chi connectivity index (χ1v) is 8.02. The average molecular weight is 354 g/mol. The summed E-state index contributed by atoms with van der Waals surface area (Å²) < 4.78 is 5.90. The van der Waals surface area contributed by atoms with Crippen LogP contribution >= 0.6 is 0 Å². The molecule has 26 heavy (non-hydrogen) atoms. The second-order valence-electron chi connectivity index (χ2n) is 5.99. The van der Waals surface area contributed by atoms with Crippen molar-refractivity contribution in [3.05, 3.63) is 70.2 Å². The number of benzene rings is 1. The molecule has 0 saturated heterocycles. The van der Waals surface area contributed by atoms with E-state index in [2.05, 4.69) is 20.0 Å². The quantitative estimate of drug-likeness (QED) is 0.726. The number of rotatable bonds is 5. The minimum Gasteiger partial charge on any atom is -0.501 e. The second kappa shape index (κ2) is 7.22. The third kappa shape index (κ3) is 3.49. The zero-order valence-electron chi connectivity index (χ0n) is 14.3. The molecule has 3 rings (SSSR count). The predicted octanol–water partition coefficient (Wildman–Crippen LogP) is 2.07. The van der Waals surface area contributed by atoms with Gasteiger partial charge in [0, 0.05) is 13.0 Å². The largest absolute Gasteiger partial charge is 0.501 e. The molecule has 0 aliphatic carbocycles. The summed E-state index contributed by atoms with van der Waals surface area (Å²) in [5, 5.41) is 16.0. The van der Waals surface area contributed by atoms with Crippen LogP contribution in [0, 0.1) is 0 Å². The molecule has 1 atom stereocenters. The molecule has 1 amide bonds. The van der Waals surface area contributed by atoms with Gasteiger partial charge in [-0.15, -0.1) is 0 Å². The molecule has 0 bridgehead atoms. The van der Waals surface area contributed by atoms with Crippen LogP contribution in [0.5, 0.6) is 5.75 Å². The van der Waals surface area contributed by atoms with Crippen molar-refractivity contribution in [1.82, 2.24) is 14.7 Å². The van der Waals surface area contributed by atoms with Gasteiger partial charge < -0.3 is 14.9 Å². The highest BCUT2D eigenvalue weighted by Gasteiger charge is 2.23. The van der Waals surface area contributed by atoms with Crippen LogP contribution in [0.25, 0.3) is 0 Å². The van der Waals surface area contributed by atoms with Gasteiger partial charge in [0.2, 0.25) is 5.75 Å². The normalized spacial score (nSPS) is 11.9. The number of anilines is 1. The Balaban J connectivity index is 1.94. The van der Waals surface area contributed by atoms with E-state index < -0.39 is 17.2 Å². The highest BCUT2D eigenvalue weighted by molar-refractivity contribution is 6.04. The first kappa shape index (κ1) is 17.4. The van der Waals surface area contributed by atoms with Gasteiger partial charge in [-0.1, -0.05) is 42.4 Å². The molecule has 8 heteroatoms. The molecule has 8 nitrogen and oxygen atoms in total. The third-order valence-electron chi connectivity index (χ3n) is 4.03. The van der Waals surface area contributed by atoms with Crippen LogP contribution < -0.4 is 10.9 Å². The van der Waals surface area contributed by atoms with Crippen LogP contribution in [0.1, 0.15) is 34.7 Å². The summed E-state index contributed by atoms with van der Waals surface area (Å²) in [5.41, 5.74) is 0.378. The average Bonchev–Trinajstić information content (AvgIpc) is 3.13. The fourth-order valence-electron chi connectivity index (χ4n) is 2.72. The molecule has 0 radical (unpaired) electrons. The monoisotopic (exact) mass is 354 g/mol. The standard InChI is InChI=1S/C18H18N4O4/c1-11(8-12-6-4-3-5-7-12)16-21-14(15(23)18(25)22(16)2)17(24)20-13-9-19-26-10-13/h3-7,9-11,23H,8H2,1-2H3,(H,20,24)/t11-/m1/s1. The molecule has 0 saturated carbocycles. The number of hydrogen-bond acceptors (Lipinski definition) is 6. The lowest BCUT2D eigenvalue weighted by atomic mass is 10.00. The van der Waals surface area contributed by atoms with Gasteiger partial charge in [0.1, 0.15) is 17.8 Å². The molecule has 0 aliphatic rings. The van der Waals surface area contributed by atoms with Gasteiger partial charge in [-0.2, -0.15) is 0 Å². The number of carbonyl (C=O) groups is 1. The predicted molar refractivity (Wildman–Crippen MR) is 94.2 cm³/mol. The lowest BCUT2D eigenvalue weighted by Gasteiger charge is -2.16. The number of carbonyl (C=O) groups excluding carboxylic acids is 1. The van der Waals surface area contributed by atoms with E-state index in [0.29, 0.717) is 17.9 Å². The molecule has 2 heterocycles. The van der Waals surface area contributed by atoms with Crippen molar-refractivity contribution in [3.8, 4) is 5.75 Å². The van der Waals surface area contributed by atoms with E-state index in [1.165, 1.54) is 24.1 Å². The van der Waals surface area contributed by atoms with Crippen molar-refractivity contribution in [1.29, 1.82) is 0 Å². The zero-order chi connectivity index (χ0) is 18.7. The lowest BCUT2D eigenvalue weighted by molar-refractivity contribution is 0.101. The van der Waals surface area contributed by atoms with E-state index in [0.717, 1.165) is 5.56 Å². The number of nitrogens with one attached hydrogen (secondary N) is 1. The van der Waals surface area contributed by atoms with Crippen molar-refractivity contribution < 1.29 is 14.4 Å². The molecule has 0 unspecified atom stereocenters. The molecule has 0 spiro atoms. The van der Waals surface area contributed by atoms with E-state index in [9.17, 15) is 14.7 Å². The van der Waals surface area contributed by atoms with E-state index >= 15 is 0 Å². The topological polar surface area (TPSA) is 110 Å². The second-order valence-corrected chi connectivity index (χ2v) is 5.99. The molecular formula is C18H18N4O4. The van der Waals surface area contributed by atoms with Gasteiger partial charge in [0.05, 0.1) is 6.20 Å². The van der Waals surface area contributed by atoms with Crippen LogP contribution in [-0.2, 0) is 13.5 Å². The minimum absolute atomic E-state index is 0.141. The first-order valence-electron chi connectivity index (χ1n) is 8.02. The highest BCUT2D eigenvalue weighted by atomic mass is 16.5. The van der Waals surface area contributed by atoms with Gasteiger partial charge in [0.15, 0.2) is 5.69 Å². The van der Waals surface area contributed by atoms with Gasteiger partial charge >= 0.3 is 0 Å². The summed E-state index contributed by atoms with van der Waals surface area (Å²) >= 11 is 0. The zero-order valence-corrected chi connectivity index (χ0v) is 14.3. The lowest BCUT2D eigenvalue weighted by Crippen LogP contribution is -2.28. The van der Waals surface area contributed by atoms with Gasteiger partial charge in [-0.05, 0) is 12.0 Å². The SMILES string of the molecule is C[C@H](Cc1ccccc1)c1nc(C(=O)Nc2cnoc2)c(O)c(=O)n1C. The van der Waals surface area contributed by atoms with Crippen molar-refractivity contribution >= 4 is 11.6 Å². The van der Waals surface area contributed by atoms with E-state index in [4.69, 9.17) is 0 Å². The Morgan fingerprint density at radius 2 is 2.08 bits per heavy atom. The Morgan fingerprint density at radius 1 is 1.35 bits per heavy atom. The van der Waals surface area contributed by atoms with Crippen molar-refractivity contribution in [3.63, 3.8) is 0 Å². The molecule has 3 aromatic rings. The molecule has 0 fully saturated rings. The Kier molecular flexibility index (Phi) is 4.83. The van der Waals surface area contributed by atoms with Gasteiger partial charge in [-0.3, -0.25) is 14.2 Å². The van der Waals surface area contributed by atoms with E-state index in [-0.39, 0.29) is 11.6 Å². The molecule has 134 valence electrons. The number of aromatic hydroxyl groups is 1. The summed E-state index contributed by atoms with van der Waals surface area (Å²) in [5.74, 6) is -1.14. The molecule has 2 N–H and O–H groups in total. The van der Waals surface area contributed by atoms with Gasteiger partial charge in [0.25, 0.3) is 11.5 Å². The third-order valence-corrected chi connectivity index (χ3v) is 4.03. The fourth-order valence-corrected chi connectivity index (χ4v) is 2.72. The number of nitrogens with zero attached hydrogens (tertiary/aromatic N) is 3. The van der Waals surface area contributed by atoms with Gasteiger partial charge in [-0.25, -0.2) is 4.98 Å². The van der Waals surface area contributed by atoms with Crippen LogP contribution in [0.4, 0.5) is 5.69 Å². The summed E-state index contributed by atoms with van der Waals surface area (Å²) in [7, 11) is 1.52. The van der Waals surface area contributed by atoms with Crippen LogP contribution in [0.3, 0.4) is 0 Å². The minimum atomic E-state index is -0.712. The summed E-state index contributed by atoms with van der Waals surface area (Å²) in [6, 6.07) is 9.76. The Bertz CT molecular complexity index is 965. The maximum atomic E-state index is 12.4. The molecule has 0 aliphatic heterocycles. The maximum Gasteiger partial charge on any atom is 0.296 e. The maximum absolute atomic E-state index is 12.4. The van der Waals surface area contributed by atoms with Crippen LogP contribution in [0.15, 0.2) is 52.1 Å². The Labute approximate surface area is 149 Å². The summed E-state index contributed by atoms with van der Waals surface area (Å²) in [4.78, 5) is 29.0. The van der Waals surface area contributed by atoms with Crippen molar-refractivity contribution in [2.75, 3.05) is 5.32 Å². The van der Waals surface area contributed by atoms with E-state index in [1.54, 1.807) is 0 Å². The van der Waals surface area contributed by atoms with E-state index in [1.807, 2.05) is 37.3 Å². The van der Waals surface area contributed by atoms with Crippen molar-refractivity contribution in [2.24, 2.45) is 7.05 Å². The number of aromatic nitrogens is 3. The summed E-state index contributed by atoms with van der Waals surface area (Å²) in [6.45, 7) is 1.91. The molecule has 2 aromatic heterocycles. The van der Waals surface area contributed by atoms with Crippen LogP contribution in [0.2, 0.25) is 0 Å². The first-order chi connectivity index (χ1) is 12.5. The Hall–Kier alpha value is -3.42.